The topological polar surface area (TPSA) is 160 Å². The van der Waals surface area contributed by atoms with Gasteiger partial charge in [0.25, 0.3) is 10.4 Å². The van der Waals surface area contributed by atoms with Crippen molar-refractivity contribution in [1.82, 2.24) is 29.9 Å². The first kappa shape index (κ1) is 28.8. The van der Waals surface area contributed by atoms with Gasteiger partial charge in [-0.15, -0.1) is 0 Å². The van der Waals surface area contributed by atoms with E-state index in [1.165, 1.54) is 44.3 Å². The van der Waals surface area contributed by atoms with Crippen molar-refractivity contribution >= 4 is 76.6 Å². The maximum Gasteiger partial charge on any atom is 0.275 e. The molecule has 0 aromatic carbocycles. The fraction of sp³-hybridized carbons (Fsp3) is 0.545. The van der Waals surface area contributed by atoms with Crippen molar-refractivity contribution in [2.75, 3.05) is 38.1 Å². The van der Waals surface area contributed by atoms with E-state index in [0.29, 0.717) is 43.6 Å². The minimum Gasteiger partial charge on any atom is -0.473 e. The molecule has 206 valence electrons. The predicted octanol–water partition coefficient (Wildman–Crippen LogP) is 4.45. The second kappa shape index (κ2) is 13.7. The maximum absolute atomic E-state index is 9.80. The minimum absolute atomic E-state index is 0.0138. The van der Waals surface area contributed by atoms with Gasteiger partial charge in [-0.3, -0.25) is 0 Å². The van der Waals surface area contributed by atoms with Gasteiger partial charge in [0.1, 0.15) is 9.40 Å². The Balaban J connectivity index is 1.63. The van der Waals surface area contributed by atoms with E-state index in [0.717, 1.165) is 35.1 Å². The highest BCUT2D eigenvalue weighted by atomic mass is 33.1. The van der Waals surface area contributed by atoms with Crippen LogP contribution in [0.4, 0.5) is 11.6 Å². The van der Waals surface area contributed by atoms with Crippen molar-refractivity contribution in [3.8, 4) is 10.4 Å². The molecule has 0 fully saturated rings. The average Bonchev–Trinajstić information content (AvgIpc) is 3.55. The zero-order valence-corrected chi connectivity index (χ0v) is 24.7. The molecule has 0 amide bonds. The molecule has 2 atom stereocenters. The monoisotopic (exact) mass is 598 g/mol. The van der Waals surface area contributed by atoms with Gasteiger partial charge in [0, 0.05) is 0 Å². The van der Waals surface area contributed by atoms with Crippen LogP contribution in [-0.2, 0) is 0 Å². The number of fused-ring (bicyclic) bond motifs is 2. The molecule has 0 radical (unpaired) electrons. The number of nitrogens with one attached hydrogen (secondary N) is 2. The number of ether oxygens (including phenoxy) is 2. The number of thiazole rings is 2. The minimum atomic E-state index is -0.140. The van der Waals surface area contributed by atoms with Gasteiger partial charge >= 0.3 is 0 Å². The molecular formula is C22H30N8O4S4. The molecule has 0 aliphatic heterocycles. The Hall–Kier alpha value is -2.24. The molecule has 0 aliphatic carbocycles. The van der Waals surface area contributed by atoms with Gasteiger partial charge in [-0.25, -0.2) is 19.9 Å². The number of aliphatic hydroxyl groups is 2. The number of hydrogen-bond donors (Lipinski definition) is 4. The fourth-order valence-electron chi connectivity index (χ4n) is 3.59. The van der Waals surface area contributed by atoms with Crippen LogP contribution < -0.4 is 20.1 Å². The highest BCUT2D eigenvalue weighted by Gasteiger charge is 2.20. The second-order valence-corrected chi connectivity index (χ2v) is 12.2. The largest absolute Gasteiger partial charge is 0.473 e. The van der Waals surface area contributed by atoms with E-state index >= 15 is 0 Å². The Morgan fingerprint density at radius 3 is 1.47 bits per heavy atom. The molecule has 0 unspecified atom stereocenters. The van der Waals surface area contributed by atoms with Crippen LogP contribution >= 0.6 is 44.3 Å². The summed E-state index contributed by atoms with van der Waals surface area (Å²) in [5.74, 6) is 1.19. The van der Waals surface area contributed by atoms with E-state index in [1.807, 2.05) is 0 Å². The van der Waals surface area contributed by atoms with E-state index in [9.17, 15) is 10.2 Å². The lowest BCUT2D eigenvalue weighted by molar-refractivity contribution is 0.268. The molecule has 0 aliphatic rings. The molecule has 16 heteroatoms. The van der Waals surface area contributed by atoms with Gasteiger partial charge in [0.2, 0.25) is 10.3 Å². The summed E-state index contributed by atoms with van der Waals surface area (Å²) in [5.41, 5.74) is 1.02. The highest BCUT2D eigenvalue weighted by molar-refractivity contribution is 8.76. The summed E-state index contributed by atoms with van der Waals surface area (Å²) in [7, 11) is 5.70. The lowest BCUT2D eigenvalue weighted by Crippen LogP contribution is -2.24. The summed E-state index contributed by atoms with van der Waals surface area (Å²) in [6, 6.07) is -0.281. The first-order valence-corrected chi connectivity index (χ1v) is 15.8. The van der Waals surface area contributed by atoms with Crippen LogP contribution in [0.5, 0.6) is 10.4 Å². The van der Waals surface area contributed by atoms with Crippen molar-refractivity contribution in [3.63, 3.8) is 0 Å². The fourth-order valence-corrected chi connectivity index (χ4v) is 6.69. The average molecular weight is 599 g/mol. The van der Waals surface area contributed by atoms with Crippen LogP contribution in [0.15, 0.2) is 10.3 Å². The lowest BCUT2D eigenvalue weighted by atomic mass is 10.2. The molecule has 4 rings (SSSR count). The zero-order valence-electron chi connectivity index (χ0n) is 21.4. The van der Waals surface area contributed by atoms with Crippen molar-refractivity contribution in [3.05, 3.63) is 0 Å². The molecule has 12 nitrogen and oxygen atoms in total. The van der Waals surface area contributed by atoms with Gasteiger partial charge in [-0.2, -0.15) is 9.97 Å². The van der Waals surface area contributed by atoms with Gasteiger partial charge in [0.05, 0.1) is 39.5 Å². The summed E-state index contributed by atoms with van der Waals surface area (Å²) >= 11 is 2.69. The van der Waals surface area contributed by atoms with Crippen molar-refractivity contribution < 1.29 is 19.7 Å². The molecule has 0 saturated heterocycles. The van der Waals surface area contributed by atoms with Crippen molar-refractivity contribution in [1.29, 1.82) is 0 Å². The number of aromatic nitrogens is 6. The Kier molecular flexibility index (Phi) is 10.4. The van der Waals surface area contributed by atoms with Crippen LogP contribution in [0.1, 0.15) is 39.5 Å². The third-order valence-corrected chi connectivity index (χ3v) is 9.28. The second-order valence-electron chi connectivity index (χ2n) is 8.17. The molecule has 0 spiro atoms. The van der Waals surface area contributed by atoms with E-state index in [4.69, 9.17) is 19.4 Å². The van der Waals surface area contributed by atoms with Crippen LogP contribution in [-0.4, -0.2) is 79.6 Å². The van der Waals surface area contributed by atoms with Crippen molar-refractivity contribution in [2.24, 2.45) is 0 Å². The number of hydrogen-bond acceptors (Lipinski definition) is 16. The highest BCUT2D eigenvalue weighted by Crippen LogP contribution is 2.40. The number of nitrogens with zero attached hydrogens (tertiary/aromatic N) is 6. The Morgan fingerprint density at radius 2 is 1.13 bits per heavy atom. The van der Waals surface area contributed by atoms with Crippen LogP contribution in [0.2, 0.25) is 0 Å². The summed E-state index contributed by atoms with van der Waals surface area (Å²) in [6.45, 7) is 4.10. The van der Waals surface area contributed by atoms with Gasteiger partial charge in [-0.05, 0) is 34.4 Å². The molecule has 4 aromatic rings. The Morgan fingerprint density at radius 1 is 0.711 bits per heavy atom. The van der Waals surface area contributed by atoms with E-state index in [1.54, 1.807) is 14.2 Å². The van der Waals surface area contributed by atoms with Crippen LogP contribution in [0.25, 0.3) is 20.7 Å². The summed E-state index contributed by atoms with van der Waals surface area (Å²) in [6.07, 6.45) is 3.43. The number of aliphatic hydroxyl groups excluding tert-OH is 2. The first-order chi connectivity index (χ1) is 18.5. The predicted molar refractivity (Wildman–Crippen MR) is 154 cm³/mol. The van der Waals surface area contributed by atoms with E-state index < -0.39 is 0 Å². The van der Waals surface area contributed by atoms with Gasteiger partial charge in [0.15, 0.2) is 22.9 Å². The third kappa shape index (κ3) is 6.84. The molecule has 0 saturated carbocycles. The molecule has 4 heterocycles. The van der Waals surface area contributed by atoms with E-state index in [2.05, 4.69) is 44.4 Å². The number of methoxy groups -OCH3 is 2. The molecule has 38 heavy (non-hydrogen) atoms. The zero-order chi connectivity index (χ0) is 27.1. The number of rotatable bonds is 15. The third-order valence-electron chi connectivity index (χ3n) is 5.36. The lowest BCUT2D eigenvalue weighted by Gasteiger charge is -2.17. The summed E-state index contributed by atoms with van der Waals surface area (Å²) in [5, 5.41) is 28.2. The Bertz CT molecular complexity index is 1250. The molecule has 4 N–H and O–H groups in total. The first-order valence-electron chi connectivity index (χ1n) is 12.1. The Labute approximate surface area is 235 Å². The van der Waals surface area contributed by atoms with Crippen molar-refractivity contribution in [2.45, 2.75) is 61.9 Å². The number of anilines is 2. The molecule has 0 bridgehead atoms. The van der Waals surface area contributed by atoms with Gasteiger partial charge < -0.3 is 30.3 Å². The van der Waals surface area contributed by atoms with Gasteiger partial charge in [-0.1, -0.05) is 49.4 Å². The normalized spacial score (nSPS) is 13.1. The summed E-state index contributed by atoms with van der Waals surface area (Å²) < 4.78 is 12.1. The standard InChI is InChI=1S/C22H30N8O4S4/c1-5-7-11(9-31)23-15-13-17(29-21(33-3)35-13)27-19(25-15)37-38-20-26-16(24-12(10-32)8-6-2)14-18(28-20)30-22(34-4)36-14/h11-12,31-32H,5-10H2,1-4H3,(H,23,25,27)(H,24,26,28)/t11-,12-/m1/s1. The molecule has 4 aromatic heterocycles. The summed E-state index contributed by atoms with van der Waals surface area (Å²) in [4.78, 5) is 27.5. The van der Waals surface area contributed by atoms with Crippen LogP contribution in [0, 0.1) is 0 Å². The van der Waals surface area contributed by atoms with Crippen LogP contribution in [0.3, 0.4) is 0 Å². The molecular weight excluding hydrogens is 569 g/mol. The quantitative estimate of drug-likeness (QED) is 0.112. The SMILES string of the molecule is CCC[C@H](CO)Nc1nc(SSc2nc(N[C@@H](CO)CCC)c3sc(OC)nc3n2)nc2nc(OC)sc12. The smallest absolute Gasteiger partial charge is 0.275 e. The maximum atomic E-state index is 9.80. The van der Waals surface area contributed by atoms with E-state index in [-0.39, 0.29) is 25.3 Å².